The lowest BCUT2D eigenvalue weighted by Gasteiger charge is -2.01. The predicted molar refractivity (Wildman–Crippen MR) is 68.6 cm³/mol. The first-order chi connectivity index (χ1) is 8.69. The second kappa shape index (κ2) is 5.64. The lowest BCUT2D eigenvalue weighted by atomic mass is 10.1. The summed E-state index contributed by atoms with van der Waals surface area (Å²) in [7, 11) is 0. The Morgan fingerprint density at radius 2 is 2.28 bits per heavy atom. The zero-order chi connectivity index (χ0) is 13.0. The van der Waals surface area contributed by atoms with Crippen LogP contribution in [0, 0.1) is 6.92 Å². The zero-order valence-corrected chi connectivity index (χ0v) is 10.4. The Bertz CT molecular complexity index is 548. The van der Waals surface area contributed by atoms with Crippen LogP contribution in [0.5, 0.6) is 0 Å². The van der Waals surface area contributed by atoms with Crippen LogP contribution in [-0.4, -0.2) is 10.9 Å². The summed E-state index contributed by atoms with van der Waals surface area (Å²) in [5.74, 6) is 5.58. The smallest absolute Gasteiger partial charge is 0.233 e. The van der Waals surface area contributed by atoms with E-state index in [1.165, 1.54) is 5.56 Å². The van der Waals surface area contributed by atoms with Gasteiger partial charge in [0.05, 0.1) is 0 Å². The van der Waals surface area contributed by atoms with Crippen LogP contribution in [0.15, 0.2) is 22.6 Å². The lowest BCUT2D eigenvalue weighted by Crippen LogP contribution is -2.29. The number of nitrogens with zero attached hydrogens (tertiary/aromatic N) is 1. The summed E-state index contributed by atoms with van der Waals surface area (Å²) < 4.78 is 5.48. The number of nitrogens with one attached hydrogen (secondary N) is 1. The highest BCUT2D eigenvalue weighted by Gasteiger charge is 2.03. The van der Waals surface area contributed by atoms with Crippen molar-refractivity contribution in [3.8, 4) is 0 Å². The van der Waals surface area contributed by atoms with Crippen LogP contribution < -0.4 is 11.3 Å². The Kier molecular flexibility index (Phi) is 3.94. The van der Waals surface area contributed by atoms with Gasteiger partial charge in [0.15, 0.2) is 11.5 Å². The molecule has 0 spiro atoms. The van der Waals surface area contributed by atoms with Gasteiger partial charge in [-0.15, -0.1) is 0 Å². The number of unbranched alkanes of at least 4 members (excludes halogenated alkanes) is 1. The lowest BCUT2D eigenvalue weighted by molar-refractivity contribution is -0.121. The van der Waals surface area contributed by atoms with Gasteiger partial charge in [-0.2, -0.15) is 0 Å². The average molecular weight is 247 g/mol. The summed E-state index contributed by atoms with van der Waals surface area (Å²) >= 11 is 0. The molecule has 0 aliphatic rings. The molecule has 1 heterocycles. The van der Waals surface area contributed by atoms with E-state index in [2.05, 4.69) is 10.4 Å². The summed E-state index contributed by atoms with van der Waals surface area (Å²) in [6, 6.07) is 6.03. The van der Waals surface area contributed by atoms with Gasteiger partial charge >= 0.3 is 0 Å². The Morgan fingerprint density at radius 1 is 1.44 bits per heavy atom. The Labute approximate surface area is 105 Å². The second-order valence-corrected chi connectivity index (χ2v) is 4.31. The molecule has 0 saturated carbocycles. The first-order valence-corrected chi connectivity index (χ1v) is 6.04. The predicted octanol–water partition coefficient (Wildman–Crippen LogP) is 1.84. The quantitative estimate of drug-likeness (QED) is 0.365. The van der Waals surface area contributed by atoms with Gasteiger partial charge in [0.25, 0.3) is 0 Å². The van der Waals surface area contributed by atoms with Crippen LogP contribution in [0.4, 0.5) is 0 Å². The molecule has 96 valence electrons. The third-order valence-electron chi connectivity index (χ3n) is 2.84. The molecule has 5 heteroatoms. The topological polar surface area (TPSA) is 81.2 Å². The highest BCUT2D eigenvalue weighted by molar-refractivity contribution is 5.75. The molecule has 0 saturated heterocycles. The third-order valence-corrected chi connectivity index (χ3v) is 2.84. The normalized spacial score (nSPS) is 10.8. The molecule has 0 atom stereocenters. The average Bonchev–Trinajstić information content (AvgIpc) is 2.73. The number of oxazole rings is 1. The molecule has 5 nitrogen and oxygen atoms in total. The molecule has 0 unspecified atom stereocenters. The van der Waals surface area contributed by atoms with Crippen molar-refractivity contribution in [3.63, 3.8) is 0 Å². The molecular formula is C13H17N3O2. The summed E-state index contributed by atoms with van der Waals surface area (Å²) in [6.45, 7) is 1.84. The van der Waals surface area contributed by atoms with Crippen LogP contribution in [0.3, 0.4) is 0 Å². The maximum atomic E-state index is 10.9. The Hall–Kier alpha value is -1.88. The van der Waals surface area contributed by atoms with E-state index in [9.17, 15) is 4.79 Å². The molecule has 18 heavy (non-hydrogen) atoms. The summed E-state index contributed by atoms with van der Waals surface area (Å²) in [5.41, 5.74) is 5.04. The van der Waals surface area contributed by atoms with E-state index < -0.39 is 0 Å². The van der Waals surface area contributed by atoms with Crippen molar-refractivity contribution in [2.75, 3.05) is 0 Å². The van der Waals surface area contributed by atoms with E-state index >= 15 is 0 Å². The maximum Gasteiger partial charge on any atom is 0.233 e. The maximum absolute atomic E-state index is 10.9. The number of hydrazine groups is 1. The second-order valence-electron chi connectivity index (χ2n) is 4.31. The molecule has 0 aliphatic carbocycles. The summed E-state index contributed by atoms with van der Waals surface area (Å²) in [4.78, 5) is 15.2. The van der Waals surface area contributed by atoms with Gasteiger partial charge in [0.1, 0.15) is 5.52 Å². The fourth-order valence-corrected chi connectivity index (χ4v) is 1.93. The van der Waals surface area contributed by atoms with E-state index in [0.717, 1.165) is 30.4 Å². The van der Waals surface area contributed by atoms with E-state index in [1.807, 2.05) is 25.1 Å². The molecular weight excluding hydrogens is 230 g/mol. The van der Waals surface area contributed by atoms with Gasteiger partial charge in [-0.05, 0) is 37.0 Å². The van der Waals surface area contributed by atoms with Crippen LogP contribution in [0.2, 0.25) is 0 Å². The van der Waals surface area contributed by atoms with E-state index in [1.54, 1.807) is 0 Å². The zero-order valence-electron chi connectivity index (χ0n) is 10.4. The highest BCUT2D eigenvalue weighted by atomic mass is 16.3. The molecule has 0 fully saturated rings. The molecule has 0 radical (unpaired) electrons. The van der Waals surface area contributed by atoms with Gasteiger partial charge in [-0.3, -0.25) is 10.2 Å². The Balaban J connectivity index is 1.89. The van der Waals surface area contributed by atoms with Crippen LogP contribution in [0.25, 0.3) is 11.1 Å². The van der Waals surface area contributed by atoms with Gasteiger partial charge < -0.3 is 4.42 Å². The van der Waals surface area contributed by atoms with Gasteiger partial charge in [0, 0.05) is 13.3 Å². The first-order valence-electron chi connectivity index (χ1n) is 6.04. The van der Waals surface area contributed by atoms with Crippen LogP contribution >= 0.6 is 0 Å². The number of benzene rings is 1. The number of nitrogens with two attached hydrogens (primary N) is 1. The Morgan fingerprint density at radius 3 is 3.06 bits per heavy atom. The number of hydrogen-bond acceptors (Lipinski definition) is 4. The van der Waals surface area contributed by atoms with Crippen molar-refractivity contribution in [3.05, 3.63) is 29.7 Å². The van der Waals surface area contributed by atoms with Crippen molar-refractivity contribution in [2.24, 2.45) is 5.84 Å². The standard InChI is InChI=1S/C13H17N3O2/c1-9-15-11-7-6-10(8-12(11)18-9)4-2-3-5-13(17)16-14/h6-8H,2-5,14H2,1H3,(H,16,17). The van der Waals surface area contributed by atoms with E-state index in [-0.39, 0.29) is 5.91 Å². The third kappa shape index (κ3) is 3.07. The van der Waals surface area contributed by atoms with Gasteiger partial charge in [-0.1, -0.05) is 6.07 Å². The SMILES string of the molecule is Cc1nc2ccc(CCCCC(=O)NN)cc2o1. The fraction of sp³-hybridized carbons (Fsp3) is 0.385. The number of carbonyl (C=O) groups excluding carboxylic acids is 1. The first kappa shape index (κ1) is 12.6. The number of carbonyl (C=O) groups is 1. The number of aryl methyl sites for hydroxylation is 2. The molecule has 2 rings (SSSR count). The monoisotopic (exact) mass is 247 g/mol. The van der Waals surface area contributed by atoms with E-state index in [4.69, 9.17) is 10.3 Å². The molecule has 0 bridgehead atoms. The van der Waals surface area contributed by atoms with Crippen molar-refractivity contribution in [2.45, 2.75) is 32.6 Å². The minimum Gasteiger partial charge on any atom is -0.441 e. The van der Waals surface area contributed by atoms with Crippen LogP contribution in [0.1, 0.15) is 30.7 Å². The summed E-state index contributed by atoms with van der Waals surface area (Å²) in [6.07, 6.45) is 3.18. The van der Waals surface area contributed by atoms with Crippen molar-refractivity contribution < 1.29 is 9.21 Å². The summed E-state index contributed by atoms with van der Waals surface area (Å²) in [5, 5.41) is 0. The molecule has 1 aromatic heterocycles. The number of fused-ring (bicyclic) bond motifs is 1. The number of aromatic nitrogens is 1. The number of amides is 1. The fourth-order valence-electron chi connectivity index (χ4n) is 1.93. The minimum atomic E-state index is -0.115. The highest BCUT2D eigenvalue weighted by Crippen LogP contribution is 2.18. The molecule has 2 aromatic rings. The molecule has 3 N–H and O–H groups in total. The molecule has 1 amide bonds. The number of hydrogen-bond donors (Lipinski definition) is 2. The molecule has 1 aromatic carbocycles. The molecule has 0 aliphatic heterocycles. The van der Waals surface area contributed by atoms with Crippen molar-refractivity contribution >= 4 is 17.0 Å². The minimum absolute atomic E-state index is 0.115. The number of rotatable bonds is 5. The van der Waals surface area contributed by atoms with Crippen molar-refractivity contribution in [1.82, 2.24) is 10.4 Å². The van der Waals surface area contributed by atoms with Gasteiger partial charge in [0.2, 0.25) is 5.91 Å². The van der Waals surface area contributed by atoms with E-state index in [0.29, 0.717) is 12.3 Å². The van der Waals surface area contributed by atoms with Crippen LogP contribution in [-0.2, 0) is 11.2 Å². The largest absolute Gasteiger partial charge is 0.441 e. The van der Waals surface area contributed by atoms with Crippen molar-refractivity contribution in [1.29, 1.82) is 0 Å². The van der Waals surface area contributed by atoms with Gasteiger partial charge in [-0.25, -0.2) is 10.8 Å².